The van der Waals surface area contributed by atoms with Crippen LogP contribution in [0.1, 0.15) is 26.2 Å². The standard InChI is InChI=1S/C7H14N2S/c1-6-4-2-3-5-9(6)7(8)10/h6H,2-5H2,1H3,(H2,8,10). The Hall–Kier alpha value is -0.310. The second-order valence-corrected chi connectivity index (χ2v) is 3.29. The van der Waals surface area contributed by atoms with Gasteiger partial charge in [0.2, 0.25) is 0 Å². The molecule has 3 heteroatoms. The summed E-state index contributed by atoms with van der Waals surface area (Å²) in [6, 6.07) is 0.561. The minimum atomic E-state index is 0.561. The molecule has 0 amide bonds. The lowest BCUT2D eigenvalue weighted by atomic mass is 10.0. The lowest BCUT2D eigenvalue weighted by Crippen LogP contribution is -2.44. The van der Waals surface area contributed by atoms with Gasteiger partial charge in [0, 0.05) is 12.6 Å². The van der Waals surface area contributed by atoms with E-state index in [9.17, 15) is 0 Å². The molecule has 0 aromatic heterocycles. The maximum absolute atomic E-state index is 5.51. The van der Waals surface area contributed by atoms with E-state index in [1.165, 1.54) is 19.3 Å². The molecule has 1 atom stereocenters. The van der Waals surface area contributed by atoms with Crippen molar-refractivity contribution in [1.29, 1.82) is 0 Å². The molecule has 1 aliphatic heterocycles. The SMILES string of the molecule is CC1CCCCN1C(N)=S. The average Bonchev–Trinajstić information content (AvgIpc) is 1.88. The van der Waals surface area contributed by atoms with Crippen molar-refractivity contribution in [3.8, 4) is 0 Å². The first-order valence-electron chi connectivity index (χ1n) is 3.78. The number of piperidine rings is 1. The highest BCUT2D eigenvalue weighted by molar-refractivity contribution is 7.80. The first-order chi connectivity index (χ1) is 4.72. The predicted octanol–water partition coefficient (Wildman–Crippen LogP) is 1.10. The average molecular weight is 158 g/mol. The van der Waals surface area contributed by atoms with E-state index in [1.54, 1.807) is 0 Å². The van der Waals surface area contributed by atoms with Gasteiger partial charge < -0.3 is 10.6 Å². The maximum Gasteiger partial charge on any atom is 0.166 e. The summed E-state index contributed by atoms with van der Waals surface area (Å²) >= 11 is 4.90. The molecule has 2 nitrogen and oxygen atoms in total. The summed E-state index contributed by atoms with van der Waals surface area (Å²) in [5.74, 6) is 0. The van der Waals surface area contributed by atoms with Gasteiger partial charge in [0.15, 0.2) is 5.11 Å². The monoisotopic (exact) mass is 158 g/mol. The van der Waals surface area contributed by atoms with Crippen molar-refractivity contribution in [3.63, 3.8) is 0 Å². The second-order valence-electron chi connectivity index (χ2n) is 2.88. The van der Waals surface area contributed by atoms with Crippen LogP contribution < -0.4 is 5.73 Å². The summed E-state index contributed by atoms with van der Waals surface area (Å²) in [6.07, 6.45) is 3.79. The summed E-state index contributed by atoms with van der Waals surface area (Å²) in [4.78, 5) is 2.11. The van der Waals surface area contributed by atoms with E-state index in [-0.39, 0.29) is 0 Å². The highest BCUT2D eigenvalue weighted by Gasteiger charge is 2.17. The second kappa shape index (κ2) is 3.19. The molecule has 0 spiro atoms. The van der Waals surface area contributed by atoms with Gasteiger partial charge in [-0.25, -0.2) is 0 Å². The van der Waals surface area contributed by atoms with Gasteiger partial charge in [0.1, 0.15) is 0 Å². The Morgan fingerprint density at radius 2 is 2.30 bits per heavy atom. The number of thiocarbonyl (C=S) groups is 1. The molecule has 1 fully saturated rings. The van der Waals surface area contributed by atoms with Gasteiger partial charge in [-0.2, -0.15) is 0 Å². The minimum absolute atomic E-state index is 0.561. The summed E-state index contributed by atoms with van der Waals surface area (Å²) in [5.41, 5.74) is 5.51. The zero-order valence-electron chi connectivity index (χ0n) is 6.34. The lowest BCUT2D eigenvalue weighted by molar-refractivity contribution is 0.260. The molecule has 10 heavy (non-hydrogen) atoms. The van der Waals surface area contributed by atoms with Crippen LogP contribution in [0.5, 0.6) is 0 Å². The largest absolute Gasteiger partial charge is 0.376 e. The highest BCUT2D eigenvalue weighted by atomic mass is 32.1. The Morgan fingerprint density at radius 3 is 2.70 bits per heavy atom. The van der Waals surface area contributed by atoms with Crippen LogP contribution in [-0.2, 0) is 0 Å². The molecule has 0 aromatic rings. The Balaban J connectivity index is 2.47. The van der Waals surface area contributed by atoms with Gasteiger partial charge in [-0.1, -0.05) is 0 Å². The highest BCUT2D eigenvalue weighted by Crippen LogP contribution is 2.15. The zero-order chi connectivity index (χ0) is 7.56. The molecule has 1 unspecified atom stereocenters. The molecule has 0 bridgehead atoms. The van der Waals surface area contributed by atoms with Crippen LogP contribution in [0.2, 0.25) is 0 Å². The van der Waals surface area contributed by atoms with Crippen molar-refractivity contribution in [2.75, 3.05) is 6.54 Å². The van der Waals surface area contributed by atoms with Crippen molar-refractivity contribution < 1.29 is 0 Å². The zero-order valence-corrected chi connectivity index (χ0v) is 7.16. The molecule has 58 valence electrons. The van der Waals surface area contributed by atoms with E-state index in [1.807, 2.05) is 0 Å². The smallest absolute Gasteiger partial charge is 0.166 e. The van der Waals surface area contributed by atoms with E-state index in [4.69, 9.17) is 18.0 Å². The van der Waals surface area contributed by atoms with Crippen LogP contribution in [0.4, 0.5) is 0 Å². The number of hydrogen-bond acceptors (Lipinski definition) is 1. The molecule has 0 saturated carbocycles. The van der Waals surface area contributed by atoms with E-state index >= 15 is 0 Å². The number of hydrogen-bond donors (Lipinski definition) is 1. The first-order valence-corrected chi connectivity index (χ1v) is 4.18. The third kappa shape index (κ3) is 1.59. The topological polar surface area (TPSA) is 29.3 Å². The molecule has 1 heterocycles. The fourth-order valence-electron chi connectivity index (χ4n) is 1.43. The Bertz CT molecular complexity index is 136. The van der Waals surface area contributed by atoms with Gasteiger partial charge in [0.25, 0.3) is 0 Å². The fourth-order valence-corrected chi connectivity index (χ4v) is 1.70. The number of nitrogens with zero attached hydrogens (tertiary/aromatic N) is 1. The van der Waals surface area contributed by atoms with Gasteiger partial charge in [-0.3, -0.25) is 0 Å². The molecular weight excluding hydrogens is 144 g/mol. The normalized spacial score (nSPS) is 26.5. The van der Waals surface area contributed by atoms with Gasteiger partial charge >= 0.3 is 0 Å². The van der Waals surface area contributed by atoms with Gasteiger partial charge in [0.05, 0.1) is 0 Å². The van der Waals surface area contributed by atoms with Crippen molar-refractivity contribution in [1.82, 2.24) is 4.90 Å². The lowest BCUT2D eigenvalue weighted by Gasteiger charge is -2.33. The van der Waals surface area contributed by atoms with Crippen molar-refractivity contribution in [2.45, 2.75) is 32.2 Å². The van der Waals surface area contributed by atoms with Gasteiger partial charge in [-0.05, 0) is 38.4 Å². The Labute approximate surface area is 67.4 Å². The molecule has 2 N–H and O–H groups in total. The quantitative estimate of drug-likeness (QED) is 0.535. The third-order valence-corrected chi connectivity index (χ3v) is 2.32. The van der Waals surface area contributed by atoms with E-state index in [0.29, 0.717) is 11.2 Å². The Morgan fingerprint density at radius 1 is 1.60 bits per heavy atom. The van der Waals surface area contributed by atoms with Gasteiger partial charge in [-0.15, -0.1) is 0 Å². The summed E-state index contributed by atoms with van der Waals surface area (Å²) in [6.45, 7) is 3.23. The van der Waals surface area contributed by atoms with Crippen molar-refractivity contribution in [2.24, 2.45) is 5.73 Å². The Kier molecular flexibility index (Phi) is 2.49. The molecule has 0 aliphatic carbocycles. The van der Waals surface area contributed by atoms with Crippen molar-refractivity contribution >= 4 is 17.3 Å². The molecule has 1 rings (SSSR count). The van der Waals surface area contributed by atoms with E-state index < -0.39 is 0 Å². The van der Waals surface area contributed by atoms with Crippen LogP contribution in [0.25, 0.3) is 0 Å². The maximum atomic E-state index is 5.51. The van der Waals surface area contributed by atoms with Crippen LogP contribution in [-0.4, -0.2) is 22.6 Å². The third-order valence-electron chi connectivity index (χ3n) is 2.09. The molecule has 0 aromatic carbocycles. The molecular formula is C7H14N2S. The number of likely N-dealkylation sites (tertiary alicyclic amines) is 1. The van der Waals surface area contributed by atoms with Crippen LogP contribution in [0.15, 0.2) is 0 Å². The summed E-state index contributed by atoms with van der Waals surface area (Å²) in [5, 5.41) is 0.562. The summed E-state index contributed by atoms with van der Waals surface area (Å²) in [7, 11) is 0. The van der Waals surface area contributed by atoms with E-state index in [0.717, 1.165) is 6.54 Å². The number of rotatable bonds is 0. The minimum Gasteiger partial charge on any atom is -0.376 e. The molecule has 1 saturated heterocycles. The molecule has 1 aliphatic rings. The van der Waals surface area contributed by atoms with Crippen molar-refractivity contribution in [3.05, 3.63) is 0 Å². The first kappa shape index (κ1) is 7.79. The van der Waals surface area contributed by atoms with Crippen LogP contribution >= 0.6 is 12.2 Å². The summed E-state index contributed by atoms with van der Waals surface area (Å²) < 4.78 is 0. The number of nitrogens with two attached hydrogens (primary N) is 1. The van der Waals surface area contributed by atoms with E-state index in [2.05, 4.69) is 11.8 Å². The predicted molar refractivity (Wildman–Crippen MR) is 46.8 cm³/mol. The fraction of sp³-hybridized carbons (Fsp3) is 0.857. The molecule has 0 radical (unpaired) electrons. The van der Waals surface area contributed by atoms with Crippen LogP contribution in [0, 0.1) is 0 Å². The van der Waals surface area contributed by atoms with Crippen LogP contribution in [0.3, 0.4) is 0 Å².